The maximum atomic E-state index is 12.1. The van der Waals surface area contributed by atoms with Gasteiger partial charge in [-0.1, -0.05) is 30.2 Å². The zero-order valence-electron chi connectivity index (χ0n) is 14.9. The minimum absolute atomic E-state index is 0.307. The van der Waals surface area contributed by atoms with Crippen molar-refractivity contribution in [1.29, 1.82) is 0 Å². The number of aryl methyl sites for hydroxylation is 4. The fraction of sp³-hybridized carbons (Fsp3) is 0.273. The van der Waals surface area contributed by atoms with Gasteiger partial charge < -0.3 is 9.47 Å². The van der Waals surface area contributed by atoms with E-state index in [-0.39, 0.29) is 5.97 Å². The minimum atomic E-state index is -0.551. The van der Waals surface area contributed by atoms with E-state index in [9.17, 15) is 9.59 Å². The van der Waals surface area contributed by atoms with Crippen LogP contribution in [0.5, 0.6) is 0 Å². The number of methoxy groups -OCH3 is 2. The Labute approximate surface area is 153 Å². The highest BCUT2D eigenvalue weighted by Crippen LogP contribution is 2.22. The van der Waals surface area contributed by atoms with Crippen molar-refractivity contribution < 1.29 is 19.1 Å². The van der Waals surface area contributed by atoms with Gasteiger partial charge in [0.05, 0.1) is 19.8 Å². The van der Waals surface area contributed by atoms with Crippen LogP contribution in [0, 0.1) is 11.8 Å². The first-order valence-electron chi connectivity index (χ1n) is 8.52. The van der Waals surface area contributed by atoms with E-state index >= 15 is 0 Å². The molecule has 4 nitrogen and oxygen atoms in total. The van der Waals surface area contributed by atoms with Crippen LogP contribution < -0.4 is 0 Å². The summed E-state index contributed by atoms with van der Waals surface area (Å²) >= 11 is 0. The van der Waals surface area contributed by atoms with Gasteiger partial charge in [-0.25, -0.2) is 9.59 Å². The van der Waals surface area contributed by atoms with E-state index in [1.54, 1.807) is 0 Å². The number of ether oxygens (including phenoxy) is 2. The van der Waals surface area contributed by atoms with Gasteiger partial charge in [0.15, 0.2) is 0 Å². The van der Waals surface area contributed by atoms with Crippen LogP contribution in [-0.4, -0.2) is 26.2 Å². The number of benzene rings is 2. The highest BCUT2D eigenvalue weighted by Gasteiger charge is 2.15. The van der Waals surface area contributed by atoms with E-state index in [4.69, 9.17) is 4.74 Å². The molecule has 0 fully saturated rings. The average Bonchev–Trinajstić information content (AvgIpc) is 2.67. The molecule has 132 valence electrons. The molecule has 4 heteroatoms. The standard InChI is InChI=1S/C22H20O4/c1-25-21(23)12-11-19-13-15-3-4-16-6-8-18(10-9-17(19)7-5-15)20(14-16)22(24)26-2/h5-8,13-14H,3-4,9-10H2,1-2H3. The van der Waals surface area contributed by atoms with Crippen molar-refractivity contribution in [3.8, 4) is 11.8 Å². The van der Waals surface area contributed by atoms with Gasteiger partial charge in [-0.05, 0) is 60.1 Å². The third-order valence-electron chi connectivity index (χ3n) is 4.60. The van der Waals surface area contributed by atoms with Gasteiger partial charge >= 0.3 is 11.9 Å². The summed E-state index contributed by atoms with van der Waals surface area (Å²) in [6, 6.07) is 12.2. The largest absolute Gasteiger partial charge is 0.465 e. The molecule has 0 amide bonds. The quantitative estimate of drug-likeness (QED) is 0.587. The van der Waals surface area contributed by atoms with Gasteiger partial charge in [-0.3, -0.25) is 0 Å². The molecule has 2 aromatic rings. The van der Waals surface area contributed by atoms with Crippen molar-refractivity contribution in [2.45, 2.75) is 25.7 Å². The van der Waals surface area contributed by atoms with Crippen LogP contribution in [0.2, 0.25) is 0 Å². The summed E-state index contributed by atoms with van der Waals surface area (Å²) < 4.78 is 9.54. The summed E-state index contributed by atoms with van der Waals surface area (Å²) in [5, 5.41) is 0. The van der Waals surface area contributed by atoms with Crippen LogP contribution in [0.4, 0.5) is 0 Å². The van der Waals surface area contributed by atoms with E-state index in [2.05, 4.69) is 34.8 Å². The van der Waals surface area contributed by atoms with Crippen LogP contribution in [0.3, 0.4) is 0 Å². The molecule has 0 spiro atoms. The van der Waals surface area contributed by atoms with E-state index in [0.717, 1.165) is 47.1 Å². The summed E-state index contributed by atoms with van der Waals surface area (Å²) in [7, 11) is 2.72. The zero-order valence-corrected chi connectivity index (χ0v) is 14.9. The smallest absolute Gasteiger partial charge is 0.384 e. The Kier molecular flexibility index (Phi) is 5.38. The van der Waals surface area contributed by atoms with E-state index in [1.165, 1.54) is 14.2 Å². The molecule has 0 aromatic heterocycles. The molecule has 4 bridgehead atoms. The van der Waals surface area contributed by atoms with Gasteiger partial charge in [0, 0.05) is 11.5 Å². The molecule has 0 heterocycles. The SMILES string of the molecule is COC(=O)C#Cc1cc2ccc1CCc1ccc(cc1C(=O)OC)CC2. The highest BCUT2D eigenvalue weighted by molar-refractivity contribution is 5.91. The first-order valence-corrected chi connectivity index (χ1v) is 8.52. The van der Waals surface area contributed by atoms with Crippen molar-refractivity contribution in [1.82, 2.24) is 0 Å². The molecule has 0 saturated carbocycles. The number of rotatable bonds is 1. The monoisotopic (exact) mass is 348 g/mol. The van der Waals surface area contributed by atoms with Crippen molar-refractivity contribution in [2.75, 3.05) is 14.2 Å². The number of carbonyl (C=O) groups excluding carboxylic acids is 2. The maximum absolute atomic E-state index is 12.1. The van der Waals surface area contributed by atoms with Crippen LogP contribution in [-0.2, 0) is 40.0 Å². The average molecular weight is 348 g/mol. The Bertz CT molecular complexity index is 915. The van der Waals surface area contributed by atoms with Crippen LogP contribution in [0.15, 0.2) is 36.4 Å². The Hall–Kier alpha value is -3.06. The van der Waals surface area contributed by atoms with Crippen LogP contribution in [0.1, 0.15) is 38.2 Å². The van der Waals surface area contributed by atoms with E-state index in [0.29, 0.717) is 12.0 Å². The van der Waals surface area contributed by atoms with Crippen molar-refractivity contribution in [2.24, 2.45) is 0 Å². The summed E-state index contributed by atoms with van der Waals surface area (Å²) in [5.74, 6) is 4.58. The molecule has 2 aromatic carbocycles. The Morgan fingerprint density at radius 1 is 0.846 bits per heavy atom. The van der Waals surface area contributed by atoms with Crippen molar-refractivity contribution in [3.05, 3.63) is 69.8 Å². The second-order valence-corrected chi connectivity index (χ2v) is 6.22. The Morgan fingerprint density at radius 3 is 2.19 bits per heavy atom. The van der Waals surface area contributed by atoms with Gasteiger partial charge in [0.1, 0.15) is 0 Å². The number of esters is 2. The van der Waals surface area contributed by atoms with Gasteiger partial charge in [0.25, 0.3) is 0 Å². The molecule has 4 aliphatic carbocycles. The normalized spacial score (nSPS) is 12.4. The van der Waals surface area contributed by atoms with Crippen molar-refractivity contribution in [3.63, 3.8) is 0 Å². The third kappa shape index (κ3) is 3.94. The molecule has 26 heavy (non-hydrogen) atoms. The lowest BCUT2D eigenvalue weighted by Gasteiger charge is -2.14. The third-order valence-corrected chi connectivity index (χ3v) is 4.60. The predicted octanol–water partition coefficient (Wildman–Crippen LogP) is 2.88. The molecule has 4 aliphatic rings. The molecule has 0 N–H and O–H groups in total. The van der Waals surface area contributed by atoms with Gasteiger partial charge in [-0.2, -0.15) is 0 Å². The number of hydrogen-bond acceptors (Lipinski definition) is 4. The topological polar surface area (TPSA) is 52.6 Å². The van der Waals surface area contributed by atoms with Crippen molar-refractivity contribution >= 4 is 11.9 Å². The molecule has 0 radical (unpaired) electrons. The molecule has 0 atom stereocenters. The minimum Gasteiger partial charge on any atom is -0.465 e. The van der Waals surface area contributed by atoms with E-state index < -0.39 is 5.97 Å². The Balaban J connectivity index is 2.01. The number of hydrogen-bond donors (Lipinski definition) is 0. The first kappa shape index (κ1) is 17.8. The Morgan fingerprint density at radius 2 is 1.50 bits per heavy atom. The highest BCUT2D eigenvalue weighted by atomic mass is 16.5. The van der Waals surface area contributed by atoms with Gasteiger partial charge in [0.2, 0.25) is 0 Å². The first-order chi connectivity index (χ1) is 12.6. The maximum Gasteiger partial charge on any atom is 0.384 e. The lowest BCUT2D eigenvalue weighted by Crippen LogP contribution is -2.09. The summed E-state index contributed by atoms with van der Waals surface area (Å²) in [4.78, 5) is 23.5. The van der Waals surface area contributed by atoms with E-state index in [1.807, 2.05) is 18.2 Å². The second-order valence-electron chi connectivity index (χ2n) is 6.22. The molecule has 6 rings (SSSR count). The molecule has 0 saturated heterocycles. The fourth-order valence-corrected chi connectivity index (χ4v) is 3.14. The second kappa shape index (κ2) is 7.88. The lowest BCUT2D eigenvalue weighted by atomic mass is 9.91. The summed E-state index contributed by atoms with van der Waals surface area (Å²) in [6.07, 6.45) is 3.05. The molecular weight excluding hydrogens is 328 g/mol. The number of carbonyl (C=O) groups is 2. The fourth-order valence-electron chi connectivity index (χ4n) is 3.14. The molecule has 0 aliphatic heterocycles. The summed E-state index contributed by atoms with van der Waals surface area (Å²) in [5.41, 5.74) is 5.71. The van der Waals surface area contributed by atoms with Crippen LogP contribution in [0.25, 0.3) is 0 Å². The lowest BCUT2D eigenvalue weighted by molar-refractivity contribution is -0.133. The molecular formula is C22H20O4. The summed E-state index contributed by atoms with van der Waals surface area (Å²) in [6.45, 7) is 0. The zero-order chi connectivity index (χ0) is 18.5. The molecule has 0 unspecified atom stereocenters. The van der Waals surface area contributed by atoms with Gasteiger partial charge in [-0.15, -0.1) is 0 Å². The predicted molar refractivity (Wildman–Crippen MR) is 97.9 cm³/mol. The van der Waals surface area contributed by atoms with Crippen LogP contribution >= 0.6 is 0 Å².